The number of nitrogens with zero attached hydrogens (tertiary/aromatic N) is 7. The molecule has 3 N–H and O–H groups in total. The van der Waals surface area contributed by atoms with Crippen LogP contribution in [0.25, 0.3) is 55.5 Å². The summed E-state index contributed by atoms with van der Waals surface area (Å²) in [5.41, 5.74) is 6.95. The Labute approximate surface area is 347 Å². The maximum atomic E-state index is 13.7. The van der Waals surface area contributed by atoms with Gasteiger partial charge in [-0.05, 0) is 91.1 Å². The molecule has 6 aromatic rings. The number of aliphatic imine (C=N–C) groups is 1. The minimum absolute atomic E-state index is 0.0223. The molecule has 2 fully saturated rings. The third-order valence-corrected chi connectivity index (χ3v) is 11.5. The van der Waals surface area contributed by atoms with Gasteiger partial charge in [-0.2, -0.15) is 4.89 Å². The molecule has 4 atom stereocenters. The SMILES string of the molecule is COO/C=N/[C@H](C(=O)N1CCC[C@H]1c1nc2cc(-c3ccc4nc(-c5ccc6[nH]c([C@@H]7CCCN7C(=O)[C@@H](NC(=O)OC)C(C)C)nc6c5)ncc4c3)ccc2[nH]1)C(C)C. The minimum Gasteiger partial charge on any atom is -0.453 e. The molecular formula is C44H50N10O6. The minimum atomic E-state index is -0.705. The lowest BCUT2D eigenvalue weighted by Crippen LogP contribution is -2.51. The first-order chi connectivity index (χ1) is 29.0. The third-order valence-electron chi connectivity index (χ3n) is 11.5. The van der Waals surface area contributed by atoms with E-state index in [0.717, 1.165) is 81.2 Å². The number of likely N-dealkylation sites (tertiary alicyclic amines) is 2. The van der Waals surface area contributed by atoms with Crippen LogP contribution in [0.15, 0.2) is 65.8 Å². The first kappa shape index (κ1) is 40.4. The molecule has 0 spiro atoms. The summed E-state index contributed by atoms with van der Waals surface area (Å²) in [4.78, 5) is 83.2. The fraction of sp³-hybridized carbons (Fsp3) is 0.409. The fourth-order valence-electron chi connectivity index (χ4n) is 8.37. The smallest absolute Gasteiger partial charge is 0.407 e. The molecule has 3 aromatic heterocycles. The topological polar surface area (TPSA) is 193 Å². The molecule has 0 bridgehead atoms. The number of carbonyl (C=O) groups excluding carboxylic acids is 3. The Morgan fingerprint density at radius 3 is 1.98 bits per heavy atom. The molecule has 2 aliphatic heterocycles. The van der Waals surface area contributed by atoms with E-state index in [0.29, 0.717) is 24.7 Å². The second kappa shape index (κ2) is 17.0. The molecule has 8 rings (SSSR count). The number of amides is 3. The zero-order valence-corrected chi connectivity index (χ0v) is 34.6. The van der Waals surface area contributed by atoms with Gasteiger partial charge in [0.1, 0.15) is 23.7 Å². The van der Waals surface area contributed by atoms with Crippen molar-refractivity contribution in [2.45, 2.75) is 77.5 Å². The van der Waals surface area contributed by atoms with Crippen molar-refractivity contribution in [3.8, 4) is 22.5 Å². The van der Waals surface area contributed by atoms with Crippen LogP contribution in [0.3, 0.4) is 0 Å². The molecule has 3 aromatic carbocycles. The van der Waals surface area contributed by atoms with Gasteiger partial charge >= 0.3 is 6.09 Å². The van der Waals surface area contributed by atoms with Gasteiger partial charge in [0.05, 0.1) is 53.9 Å². The Bertz CT molecular complexity index is 2580. The van der Waals surface area contributed by atoms with E-state index in [2.05, 4.69) is 43.4 Å². The van der Waals surface area contributed by atoms with Crippen molar-refractivity contribution in [1.82, 2.24) is 45.0 Å². The van der Waals surface area contributed by atoms with E-state index < -0.39 is 18.2 Å². The molecular weight excluding hydrogens is 765 g/mol. The highest BCUT2D eigenvalue weighted by atomic mass is 17.2. The molecule has 0 aliphatic carbocycles. The van der Waals surface area contributed by atoms with Gasteiger partial charge in [-0.15, -0.1) is 0 Å². The highest BCUT2D eigenvalue weighted by molar-refractivity contribution is 5.90. The van der Waals surface area contributed by atoms with Crippen molar-refractivity contribution < 1.29 is 28.9 Å². The third kappa shape index (κ3) is 7.98. The molecule has 60 heavy (non-hydrogen) atoms. The van der Waals surface area contributed by atoms with Gasteiger partial charge < -0.3 is 34.7 Å². The number of aromatic nitrogens is 6. The summed E-state index contributed by atoms with van der Waals surface area (Å²) in [6.45, 7) is 8.94. The Kier molecular flexibility index (Phi) is 11.5. The van der Waals surface area contributed by atoms with Crippen LogP contribution in [-0.2, 0) is 24.1 Å². The van der Waals surface area contributed by atoms with Gasteiger partial charge in [-0.3, -0.25) is 9.59 Å². The maximum absolute atomic E-state index is 13.7. The van der Waals surface area contributed by atoms with Crippen LogP contribution in [0.1, 0.15) is 77.1 Å². The maximum Gasteiger partial charge on any atom is 0.407 e. The van der Waals surface area contributed by atoms with E-state index in [-0.39, 0.29) is 35.7 Å². The normalized spacial score (nSPS) is 18.1. The van der Waals surface area contributed by atoms with Crippen LogP contribution in [-0.4, -0.2) is 103 Å². The molecule has 5 heterocycles. The van der Waals surface area contributed by atoms with E-state index in [1.54, 1.807) is 4.90 Å². The predicted octanol–water partition coefficient (Wildman–Crippen LogP) is 7.05. The molecule has 16 heteroatoms. The van der Waals surface area contributed by atoms with E-state index in [1.807, 2.05) is 75.2 Å². The second-order valence-electron chi connectivity index (χ2n) is 16.1. The highest BCUT2D eigenvalue weighted by Crippen LogP contribution is 2.36. The van der Waals surface area contributed by atoms with Gasteiger partial charge in [0.25, 0.3) is 0 Å². The quantitative estimate of drug-likeness (QED) is 0.0499. The number of aromatic amines is 2. The number of hydrogen-bond donors (Lipinski definition) is 3. The van der Waals surface area contributed by atoms with Gasteiger partial charge in [-0.25, -0.2) is 29.7 Å². The Morgan fingerprint density at radius 2 is 1.37 bits per heavy atom. The molecule has 0 radical (unpaired) electrons. The first-order valence-corrected chi connectivity index (χ1v) is 20.5. The average Bonchev–Trinajstić information content (AvgIpc) is 4.08. The standard InChI is InChI=1S/C44H50N10O6/c1-24(2)37(46-23-60-59-6)42(55)53-17-7-9-35(53)40-48-31-15-12-27(20-33(31)50-40)26-11-14-30-29(19-26)22-45-39(47-30)28-13-16-32-34(21-28)51-41(49-32)36-10-8-18-54(36)43(56)38(25(3)4)52-44(57)58-5/h11-16,19-25,35-38H,7-10,17-18H2,1-6H3,(H,48,50)(H,49,51)(H,52,57)/b46-23+/t35-,36-,37-,38-/m0/s1. The van der Waals surface area contributed by atoms with Crippen molar-refractivity contribution in [3.05, 3.63) is 72.4 Å². The lowest BCUT2D eigenvalue weighted by molar-refractivity contribution is -0.188. The van der Waals surface area contributed by atoms with E-state index in [9.17, 15) is 14.4 Å². The van der Waals surface area contributed by atoms with Crippen molar-refractivity contribution in [2.75, 3.05) is 27.3 Å². The summed E-state index contributed by atoms with van der Waals surface area (Å²) < 4.78 is 4.77. The van der Waals surface area contributed by atoms with Gasteiger partial charge in [0.2, 0.25) is 18.2 Å². The number of ether oxygens (including phenoxy) is 1. The van der Waals surface area contributed by atoms with E-state index >= 15 is 0 Å². The Balaban J connectivity index is 0.992. The predicted molar refractivity (Wildman–Crippen MR) is 226 cm³/mol. The molecule has 2 saturated heterocycles. The fourth-order valence-corrected chi connectivity index (χ4v) is 8.37. The van der Waals surface area contributed by atoms with Crippen molar-refractivity contribution in [2.24, 2.45) is 16.8 Å². The Morgan fingerprint density at radius 1 is 0.767 bits per heavy atom. The number of H-pyrrole nitrogens is 2. The molecule has 0 saturated carbocycles. The molecule has 312 valence electrons. The number of carbonyl (C=O) groups is 3. The highest BCUT2D eigenvalue weighted by Gasteiger charge is 2.38. The van der Waals surface area contributed by atoms with Gasteiger partial charge in [-0.1, -0.05) is 39.8 Å². The number of benzene rings is 3. The van der Waals surface area contributed by atoms with E-state index in [4.69, 9.17) is 29.6 Å². The lowest BCUT2D eigenvalue weighted by Gasteiger charge is -2.29. The summed E-state index contributed by atoms with van der Waals surface area (Å²) in [5.74, 6) is 1.69. The summed E-state index contributed by atoms with van der Waals surface area (Å²) in [7, 11) is 2.68. The molecule has 3 amide bonds. The largest absolute Gasteiger partial charge is 0.453 e. The summed E-state index contributed by atoms with van der Waals surface area (Å²) >= 11 is 0. The van der Waals surface area contributed by atoms with Gasteiger partial charge in [0, 0.05) is 30.2 Å². The second-order valence-corrected chi connectivity index (χ2v) is 16.1. The van der Waals surface area contributed by atoms with Crippen molar-refractivity contribution in [3.63, 3.8) is 0 Å². The number of methoxy groups -OCH3 is 1. The first-order valence-electron chi connectivity index (χ1n) is 20.5. The lowest BCUT2D eigenvalue weighted by atomic mass is 10.0. The number of alkyl carbamates (subject to hydrolysis) is 1. The number of fused-ring (bicyclic) bond motifs is 3. The van der Waals surface area contributed by atoms with Crippen LogP contribution in [0.2, 0.25) is 0 Å². The zero-order valence-electron chi connectivity index (χ0n) is 34.6. The average molecular weight is 815 g/mol. The van der Waals surface area contributed by atoms with Crippen molar-refractivity contribution in [1.29, 1.82) is 0 Å². The summed E-state index contributed by atoms with van der Waals surface area (Å²) in [6, 6.07) is 16.5. The van der Waals surface area contributed by atoms with Gasteiger partial charge in [0.15, 0.2) is 5.82 Å². The monoisotopic (exact) mass is 814 g/mol. The summed E-state index contributed by atoms with van der Waals surface area (Å²) in [5, 5.41) is 3.60. The zero-order chi connectivity index (χ0) is 42.1. The molecule has 16 nitrogen and oxygen atoms in total. The van der Waals surface area contributed by atoms with Crippen LogP contribution in [0.4, 0.5) is 4.79 Å². The van der Waals surface area contributed by atoms with Crippen LogP contribution in [0, 0.1) is 11.8 Å². The molecule has 2 aliphatic rings. The van der Waals surface area contributed by atoms with Crippen LogP contribution in [0.5, 0.6) is 0 Å². The van der Waals surface area contributed by atoms with Crippen molar-refractivity contribution >= 4 is 57.3 Å². The Hall–Kier alpha value is -6.42. The van der Waals surface area contributed by atoms with Crippen LogP contribution >= 0.6 is 0 Å². The number of rotatable bonds is 12. The van der Waals surface area contributed by atoms with E-state index in [1.165, 1.54) is 20.6 Å². The number of imidazole rings is 2. The van der Waals surface area contributed by atoms with Crippen LogP contribution < -0.4 is 5.32 Å². The summed E-state index contributed by atoms with van der Waals surface area (Å²) in [6.07, 6.45) is 5.67. The molecule has 0 unspecified atom stereocenters. The number of nitrogens with one attached hydrogen (secondary N) is 3. The number of hydrogen-bond acceptors (Lipinski definition) is 11.